The molecule has 1 aromatic rings. The van der Waals surface area contributed by atoms with Gasteiger partial charge in [-0.3, -0.25) is 5.32 Å². The minimum absolute atomic E-state index is 0. The Morgan fingerprint density at radius 1 is 1.41 bits per heavy atom. The molecule has 1 heterocycles. The van der Waals surface area contributed by atoms with Crippen molar-refractivity contribution in [3.05, 3.63) is 28.8 Å². The van der Waals surface area contributed by atoms with Gasteiger partial charge >= 0.3 is 50.0 Å². The molecule has 3 nitrogen and oxygen atoms in total. The predicted octanol–water partition coefficient (Wildman–Crippen LogP) is 3.92. The van der Waals surface area contributed by atoms with E-state index in [0.29, 0.717) is 0 Å². The second kappa shape index (κ2) is 6.12. The summed E-state index contributed by atoms with van der Waals surface area (Å²) in [6.07, 6.45) is -4.54. The van der Waals surface area contributed by atoms with Gasteiger partial charge in [0.1, 0.15) is 0 Å². The van der Waals surface area contributed by atoms with Crippen LogP contribution in [0.1, 0.15) is 21.3 Å². The van der Waals surface area contributed by atoms with Gasteiger partial charge in [0, 0.05) is 16.5 Å². The van der Waals surface area contributed by atoms with Gasteiger partial charge in [-0.2, -0.15) is 13.2 Å². The number of halogens is 4. The van der Waals surface area contributed by atoms with E-state index in [4.69, 9.17) is 11.6 Å². The van der Waals surface area contributed by atoms with Crippen LogP contribution in [0.15, 0.2) is 18.2 Å². The molecule has 114 valence electrons. The zero-order valence-electron chi connectivity index (χ0n) is 13.3. The molecule has 3 rings (SSSR count). The van der Waals surface area contributed by atoms with Gasteiger partial charge in [-0.15, -0.1) is 0 Å². The monoisotopic (exact) mass is 357 g/mol. The van der Waals surface area contributed by atoms with Gasteiger partial charge in [0.2, 0.25) is 0 Å². The first kappa shape index (κ1) is 17.7. The number of carbonyl (C=O) groups excluding carboxylic acids is 1. The summed E-state index contributed by atoms with van der Waals surface area (Å²) in [6, 6.07) is 3.81. The fraction of sp³-hybridized carbons (Fsp3) is 0.357. The quantitative estimate of drug-likeness (QED) is 0.564. The molecule has 1 N–H and O–H groups in total. The van der Waals surface area contributed by atoms with Crippen molar-refractivity contribution >= 4 is 61.1 Å². The molecule has 8 heteroatoms. The molecule has 1 aliphatic heterocycles. The number of carbonyl (C=O) groups is 1. The third-order valence-electron chi connectivity index (χ3n) is 3.27. The van der Waals surface area contributed by atoms with Crippen LogP contribution in [0, 0.1) is 17.8 Å². The van der Waals surface area contributed by atoms with Crippen molar-refractivity contribution in [1.82, 2.24) is 0 Å². The van der Waals surface area contributed by atoms with Gasteiger partial charge in [-0.05, 0) is 37.0 Å². The summed E-state index contributed by atoms with van der Waals surface area (Å²) in [5.41, 5.74) is -3.27. The molecule has 1 amide bonds. The minimum atomic E-state index is -4.87. The summed E-state index contributed by atoms with van der Waals surface area (Å²) < 4.78 is 45.4. The first-order valence-corrected chi connectivity index (χ1v) is 6.59. The molecule has 0 spiro atoms. The summed E-state index contributed by atoms with van der Waals surface area (Å²) in [5.74, 6) is 4.60. The Labute approximate surface area is 162 Å². The van der Waals surface area contributed by atoms with E-state index in [1.807, 2.05) is 0 Å². The summed E-state index contributed by atoms with van der Waals surface area (Å²) in [7, 11) is 0. The number of nitrogens with one attached hydrogen (secondary N) is 1. The maximum Gasteiger partial charge on any atom is 2.00 e. The van der Waals surface area contributed by atoms with E-state index in [1.165, 1.54) is 12.1 Å². The van der Waals surface area contributed by atoms with Crippen molar-refractivity contribution < 1.29 is 25.6 Å². The van der Waals surface area contributed by atoms with E-state index in [-0.39, 0.29) is 62.8 Å². The van der Waals surface area contributed by atoms with Crippen molar-refractivity contribution in [3.8, 4) is 11.8 Å². The van der Waals surface area contributed by atoms with Gasteiger partial charge < -0.3 is 7.59 Å². The third-order valence-corrected chi connectivity index (χ3v) is 3.51. The molecule has 1 atom stereocenters. The normalized spacial score (nSPS) is 23.2. The molecule has 0 bridgehead atoms. The molecule has 1 aliphatic carbocycles. The van der Waals surface area contributed by atoms with Crippen LogP contribution in [0.2, 0.25) is 5.02 Å². The Balaban J connectivity index is 0.00000176. The Morgan fingerprint density at radius 3 is 2.68 bits per heavy atom. The average Bonchev–Trinajstić information content (AvgIpc) is 3.19. The van der Waals surface area contributed by atoms with E-state index >= 15 is 0 Å². The van der Waals surface area contributed by atoms with Crippen molar-refractivity contribution in [2.24, 2.45) is 5.92 Å². The molecule has 2 aliphatic rings. The number of rotatable bonds is 0. The zero-order valence-corrected chi connectivity index (χ0v) is 14.2. The van der Waals surface area contributed by atoms with Crippen LogP contribution in [-0.4, -0.2) is 50.0 Å². The van der Waals surface area contributed by atoms with Crippen molar-refractivity contribution in [3.63, 3.8) is 0 Å². The van der Waals surface area contributed by atoms with E-state index in [2.05, 4.69) is 21.9 Å². The Hall–Kier alpha value is -0.610. The maximum atomic E-state index is 13.6. The van der Waals surface area contributed by atoms with Crippen LogP contribution >= 0.6 is 11.6 Å². The predicted molar refractivity (Wildman–Crippen MR) is 77.8 cm³/mol. The second-order valence-corrected chi connectivity index (χ2v) is 5.36. The van der Waals surface area contributed by atoms with Gasteiger partial charge in [0.25, 0.3) is 5.60 Å². The van der Waals surface area contributed by atoms with Crippen LogP contribution in [0.3, 0.4) is 0 Å². The topological polar surface area (TPSA) is 38.3 Å². The number of fused-ring (bicyclic) bond motifs is 1. The first-order chi connectivity index (χ1) is 9.82. The van der Waals surface area contributed by atoms with Crippen LogP contribution in [0.4, 0.5) is 23.7 Å². The number of hydrogen-bond donors (Lipinski definition) is 1. The Kier molecular flexibility index (Phi) is 4.94. The first-order valence-electron chi connectivity index (χ1n) is 6.21. The molecular weight excluding hydrogens is 347 g/mol. The number of cyclic esters (lactones) is 1. The molecule has 1 fully saturated rings. The summed E-state index contributed by atoms with van der Waals surface area (Å²) >= 11 is 5.78. The average molecular weight is 358 g/mol. The van der Waals surface area contributed by atoms with Gasteiger partial charge in [-0.1, -0.05) is 17.5 Å². The molecule has 0 aromatic heterocycles. The number of amides is 1. The van der Waals surface area contributed by atoms with Gasteiger partial charge in [0.05, 0.1) is 5.69 Å². The number of ether oxygens (including phenoxy) is 1. The maximum absolute atomic E-state index is 13.6. The van der Waals surface area contributed by atoms with E-state index in [1.54, 1.807) is 0 Å². The van der Waals surface area contributed by atoms with Crippen LogP contribution < -0.4 is 5.32 Å². The SMILES string of the molecule is O=C1Nc2ccc(Cl)cc2[C@@](C#CC2CC2)(C(F)(F)F)O1.[Ca+2].[H-].[H-]. The van der Waals surface area contributed by atoms with Gasteiger partial charge in [0.15, 0.2) is 0 Å². The molecule has 1 saturated carbocycles. The fourth-order valence-electron chi connectivity index (χ4n) is 2.05. The molecule has 0 radical (unpaired) electrons. The number of anilines is 1. The summed E-state index contributed by atoms with van der Waals surface area (Å²) in [4.78, 5) is 11.5. The van der Waals surface area contributed by atoms with E-state index in [0.717, 1.165) is 18.9 Å². The van der Waals surface area contributed by atoms with Crippen LogP contribution in [-0.2, 0) is 10.3 Å². The van der Waals surface area contributed by atoms with Crippen LogP contribution in [0.25, 0.3) is 0 Å². The van der Waals surface area contributed by atoms with Gasteiger partial charge in [-0.25, -0.2) is 4.79 Å². The second-order valence-electron chi connectivity index (χ2n) is 4.93. The number of alkyl halides is 3. The smallest absolute Gasteiger partial charge is 1.00 e. The van der Waals surface area contributed by atoms with E-state index in [9.17, 15) is 18.0 Å². The fourth-order valence-corrected chi connectivity index (χ4v) is 2.22. The molecule has 0 saturated heterocycles. The van der Waals surface area contributed by atoms with Crippen molar-refractivity contribution in [1.29, 1.82) is 0 Å². The minimum Gasteiger partial charge on any atom is -1.00 e. The Morgan fingerprint density at radius 2 is 2.09 bits per heavy atom. The number of benzene rings is 1. The van der Waals surface area contributed by atoms with Crippen molar-refractivity contribution in [2.75, 3.05) is 5.32 Å². The zero-order chi connectivity index (χ0) is 15.3. The summed E-state index contributed by atoms with van der Waals surface area (Å²) in [6.45, 7) is 0. The van der Waals surface area contributed by atoms with Crippen molar-refractivity contribution in [2.45, 2.75) is 24.6 Å². The number of hydrogen-bond acceptors (Lipinski definition) is 2. The van der Waals surface area contributed by atoms with E-state index < -0.39 is 17.9 Å². The molecule has 1 aromatic carbocycles. The van der Waals surface area contributed by atoms with Crippen LogP contribution in [0.5, 0.6) is 0 Å². The summed E-state index contributed by atoms with van der Waals surface area (Å²) in [5, 5.41) is 2.34. The largest absolute Gasteiger partial charge is 2.00 e. The standard InChI is InChI=1S/C14H9ClF3NO2.Ca.2H/c15-9-3-4-11-10(7-9)13(14(16,17)18,21-12(20)19-11)6-5-8-1-2-8;;;/h3-4,7-8H,1-2H2,(H,19,20);;;/q;+2;2*-1/t13-;;;/m0.../s1. The Bertz CT molecular complexity index is 689. The molecule has 0 unspecified atom stereocenters. The third kappa shape index (κ3) is 3.18. The molecular formula is C14H11CaClF3NO2. The molecule has 22 heavy (non-hydrogen) atoms.